The predicted octanol–water partition coefficient (Wildman–Crippen LogP) is 5.54. The highest BCUT2D eigenvalue weighted by atomic mass is 19.4. The molecule has 4 aromatic rings. The van der Waals surface area contributed by atoms with Crippen LogP contribution in [0.1, 0.15) is 21.5 Å². The van der Waals surface area contributed by atoms with Gasteiger partial charge in [-0.05, 0) is 41.3 Å². The average molecular weight is 409 g/mol. The molecule has 4 rings (SSSR count). The number of amides is 1. The first-order valence-electron chi connectivity index (χ1n) is 9.22. The van der Waals surface area contributed by atoms with Crippen molar-refractivity contribution in [1.82, 2.24) is 4.57 Å². The standard InChI is InChI=1S/C23H18F3N3O/c24-23(25,26)19-5-3-4-17-13-29(14-18(17)19)12-15-8-10-16(11-9-15)22(30)28-21-7-2-1-6-20(21)27/h1-11,13-14H,12,27H2,(H,28,30). The summed E-state index contributed by atoms with van der Waals surface area (Å²) in [6.45, 7) is 0.388. The van der Waals surface area contributed by atoms with Gasteiger partial charge in [0, 0.05) is 29.9 Å². The van der Waals surface area contributed by atoms with E-state index in [0.29, 0.717) is 28.9 Å². The van der Waals surface area contributed by atoms with E-state index in [1.54, 1.807) is 65.4 Å². The zero-order valence-corrected chi connectivity index (χ0v) is 15.8. The fraction of sp³-hybridized carbons (Fsp3) is 0.0870. The Morgan fingerprint density at radius 3 is 2.37 bits per heavy atom. The van der Waals surface area contributed by atoms with E-state index in [9.17, 15) is 18.0 Å². The number of alkyl halides is 3. The van der Waals surface area contributed by atoms with Gasteiger partial charge in [0.15, 0.2) is 0 Å². The van der Waals surface area contributed by atoms with E-state index in [0.717, 1.165) is 11.6 Å². The van der Waals surface area contributed by atoms with Crippen LogP contribution in [0, 0.1) is 0 Å². The summed E-state index contributed by atoms with van der Waals surface area (Å²) in [5.41, 5.74) is 7.52. The lowest BCUT2D eigenvalue weighted by atomic mass is 10.1. The van der Waals surface area contributed by atoms with Crippen LogP contribution in [0.4, 0.5) is 24.5 Å². The van der Waals surface area contributed by atoms with Crippen LogP contribution in [0.3, 0.4) is 0 Å². The van der Waals surface area contributed by atoms with Gasteiger partial charge in [-0.25, -0.2) is 0 Å². The Morgan fingerprint density at radius 2 is 1.67 bits per heavy atom. The molecular weight excluding hydrogens is 391 g/mol. The zero-order valence-electron chi connectivity index (χ0n) is 15.8. The Morgan fingerprint density at radius 1 is 0.933 bits per heavy atom. The maximum absolute atomic E-state index is 13.2. The van der Waals surface area contributed by atoms with Crippen molar-refractivity contribution in [1.29, 1.82) is 0 Å². The van der Waals surface area contributed by atoms with Crippen LogP contribution in [0.5, 0.6) is 0 Å². The van der Waals surface area contributed by atoms with Crippen LogP contribution in [0.2, 0.25) is 0 Å². The summed E-state index contributed by atoms with van der Waals surface area (Å²) >= 11 is 0. The molecule has 0 bridgehead atoms. The van der Waals surface area contributed by atoms with Crippen LogP contribution < -0.4 is 11.1 Å². The maximum atomic E-state index is 13.2. The number of rotatable bonds is 4. The molecule has 4 nitrogen and oxygen atoms in total. The maximum Gasteiger partial charge on any atom is 0.417 e. The smallest absolute Gasteiger partial charge is 0.397 e. The molecule has 152 valence electrons. The molecule has 30 heavy (non-hydrogen) atoms. The SMILES string of the molecule is Nc1ccccc1NC(=O)c1ccc(Cn2cc3cccc(C(F)(F)F)c3c2)cc1. The first-order valence-corrected chi connectivity index (χ1v) is 9.22. The number of nitrogens with one attached hydrogen (secondary N) is 1. The third-order valence-corrected chi connectivity index (χ3v) is 4.84. The van der Waals surface area contributed by atoms with E-state index in [1.165, 1.54) is 12.3 Å². The molecule has 7 heteroatoms. The number of hydrogen-bond acceptors (Lipinski definition) is 2. The third-order valence-electron chi connectivity index (χ3n) is 4.84. The third kappa shape index (κ3) is 4.00. The molecule has 1 heterocycles. The van der Waals surface area contributed by atoms with E-state index < -0.39 is 11.7 Å². The Kier molecular flexibility index (Phi) is 4.95. The summed E-state index contributed by atoms with van der Waals surface area (Å²) in [7, 11) is 0. The summed E-state index contributed by atoms with van der Waals surface area (Å²) in [5, 5.41) is 3.46. The predicted molar refractivity (Wildman–Crippen MR) is 111 cm³/mol. The molecule has 0 saturated carbocycles. The van der Waals surface area contributed by atoms with E-state index in [4.69, 9.17) is 5.73 Å². The molecule has 0 aliphatic rings. The normalized spacial score (nSPS) is 11.6. The van der Waals surface area contributed by atoms with Crippen molar-refractivity contribution < 1.29 is 18.0 Å². The lowest BCUT2D eigenvalue weighted by Crippen LogP contribution is -2.13. The molecule has 0 aliphatic carbocycles. The van der Waals surface area contributed by atoms with Gasteiger partial charge in [0.05, 0.1) is 16.9 Å². The highest BCUT2D eigenvalue weighted by Gasteiger charge is 2.32. The van der Waals surface area contributed by atoms with Gasteiger partial charge in [-0.2, -0.15) is 13.2 Å². The highest BCUT2D eigenvalue weighted by molar-refractivity contribution is 6.05. The Labute approximate surface area is 170 Å². The fourth-order valence-corrected chi connectivity index (χ4v) is 3.34. The lowest BCUT2D eigenvalue weighted by Gasteiger charge is -2.09. The van der Waals surface area contributed by atoms with Gasteiger partial charge in [-0.3, -0.25) is 4.79 Å². The van der Waals surface area contributed by atoms with E-state index in [1.807, 2.05) is 0 Å². The number of nitrogens with zero attached hydrogens (tertiary/aromatic N) is 1. The van der Waals surface area contributed by atoms with Crippen LogP contribution in [-0.2, 0) is 12.7 Å². The Bertz CT molecular complexity index is 1210. The molecule has 1 amide bonds. The molecule has 0 fully saturated rings. The molecule has 3 aromatic carbocycles. The number of aromatic nitrogens is 1. The van der Waals surface area contributed by atoms with Crippen molar-refractivity contribution in [2.75, 3.05) is 11.1 Å². The first-order chi connectivity index (χ1) is 14.3. The quantitative estimate of drug-likeness (QED) is 0.435. The summed E-state index contributed by atoms with van der Waals surface area (Å²) < 4.78 is 41.3. The number of carbonyl (C=O) groups is 1. The molecule has 1 aromatic heterocycles. The second-order valence-electron chi connectivity index (χ2n) is 6.98. The summed E-state index contributed by atoms with van der Waals surface area (Å²) in [5.74, 6) is -0.291. The van der Waals surface area contributed by atoms with Crippen molar-refractivity contribution in [2.45, 2.75) is 12.7 Å². The summed E-state index contributed by atoms with van der Waals surface area (Å²) in [4.78, 5) is 12.4. The van der Waals surface area contributed by atoms with Gasteiger partial charge in [0.1, 0.15) is 0 Å². The second-order valence-corrected chi connectivity index (χ2v) is 6.98. The van der Waals surface area contributed by atoms with Crippen LogP contribution >= 0.6 is 0 Å². The van der Waals surface area contributed by atoms with E-state index in [2.05, 4.69) is 5.32 Å². The number of para-hydroxylation sites is 2. The number of hydrogen-bond donors (Lipinski definition) is 2. The van der Waals surface area contributed by atoms with Gasteiger partial charge in [-0.15, -0.1) is 0 Å². The Balaban J connectivity index is 1.51. The van der Waals surface area contributed by atoms with E-state index in [-0.39, 0.29) is 11.3 Å². The lowest BCUT2D eigenvalue weighted by molar-refractivity contribution is -0.136. The van der Waals surface area contributed by atoms with Crippen LogP contribution in [0.25, 0.3) is 10.8 Å². The molecule has 0 atom stereocenters. The first kappa shape index (κ1) is 19.6. The number of nitrogens with two attached hydrogens (primary N) is 1. The second kappa shape index (κ2) is 7.59. The fourth-order valence-electron chi connectivity index (χ4n) is 3.34. The number of nitrogen functional groups attached to an aromatic ring is 1. The van der Waals surface area contributed by atoms with Crippen LogP contribution in [0.15, 0.2) is 79.1 Å². The topological polar surface area (TPSA) is 60.0 Å². The van der Waals surface area contributed by atoms with E-state index >= 15 is 0 Å². The zero-order chi connectivity index (χ0) is 21.3. The number of benzene rings is 3. The van der Waals surface area contributed by atoms with Gasteiger partial charge >= 0.3 is 6.18 Å². The van der Waals surface area contributed by atoms with Crippen LogP contribution in [-0.4, -0.2) is 10.5 Å². The van der Waals surface area contributed by atoms with Crippen molar-refractivity contribution in [3.8, 4) is 0 Å². The molecule has 0 saturated heterocycles. The van der Waals surface area contributed by atoms with Gasteiger partial charge in [0.25, 0.3) is 5.91 Å². The van der Waals surface area contributed by atoms with Gasteiger partial charge < -0.3 is 15.6 Å². The number of carbonyl (C=O) groups excluding carboxylic acids is 1. The molecule has 3 N–H and O–H groups in total. The van der Waals surface area contributed by atoms with Crippen molar-refractivity contribution in [3.63, 3.8) is 0 Å². The summed E-state index contributed by atoms with van der Waals surface area (Å²) in [6, 6.07) is 18.0. The minimum Gasteiger partial charge on any atom is -0.397 e. The van der Waals surface area contributed by atoms with Crippen molar-refractivity contribution >= 4 is 28.1 Å². The summed E-state index contributed by atoms with van der Waals surface area (Å²) in [6.07, 6.45) is -1.22. The number of halogens is 3. The average Bonchev–Trinajstić information content (AvgIpc) is 3.11. The molecular formula is C23H18F3N3O. The Hall–Kier alpha value is -3.74. The molecule has 0 unspecified atom stereocenters. The number of anilines is 2. The van der Waals surface area contributed by atoms with Crippen molar-refractivity contribution in [2.24, 2.45) is 0 Å². The van der Waals surface area contributed by atoms with Gasteiger partial charge in [0.2, 0.25) is 0 Å². The molecule has 0 radical (unpaired) electrons. The molecule has 0 aliphatic heterocycles. The van der Waals surface area contributed by atoms with Gasteiger partial charge in [-0.1, -0.05) is 36.4 Å². The highest BCUT2D eigenvalue weighted by Crippen LogP contribution is 2.35. The minimum absolute atomic E-state index is 0.168. The number of fused-ring (bicyclic) bond motifs is 1. The monoisotopic (exact) mass is 409 g/mol. The minimum atomic E-state index is -4.40. The molecule has 0 spiro atoms. The van der Waals surface area contributed by atoms with Crippen molar-refractivity contribution in [3.05, 3.63) is 95.8 Å². The largest absolute Gasteiger partial charge is 0.417 e.